The van der Waals surface area contributed by atoms with Crippen LogP contribution in [0.15, 0.2) is 0 Å². The minimum atomic E-state index is -0.0179. The molecule has 3 rings (SSSR count). The van der Waals surface area contributed by atoms with Crippen molar-refractivity contribution in [2.24, 2.45) is 5.92 Å². The van der Waals surface area contributed by atoms with Crippen LogP contribution >= 0.6 is 11.3 Å². The first kappa shape index (κ1) is 15.5. The summed E-state index contributed by atoms with van der Waals surface area (Å²) in [5.74, 6) is 1.11. The molecule has 0 N–H and O–H groups in total. The number of carbonyl (C=O) groups excluding carboxylic acids is 2. The summed E-state index contributed by atoms with van der Waals surface area (Å²) in [5.41, 5.74) is 0. The Morgan fingerprint density at radius 1 is 1.41 bits per heavy atom. The minimum absolute atomic E-state index is 0.0179. The van der Waals surface area contributed by atoms with E-state index in [1.807, 2.05) is 30.6 Å². The van der Waals surface area contributed by atoms with Crippen molar-refractivity contribution in [3.05, 3.63) is 9.88 Å². The SMILES string of the molecule is CCN(C(=O)c1nc2c(s1)CCCN2C(=O)C1CC1)C(C)C. The summed E-state index contributed by atoms with van der Waals surface area (Å²) in [6, 6.07) is 0.155. The Morgan fingerprint density at radius 3 is 2.73 bits per heavy atom. The molecule has 5 nitrogen and oxygen atoms in total. The summed E-state index contributed by atoms with van der Waals surface area (Å²) in [6.07, 6.45) is 3.88. The number of amides is 2. The van der Waals surface area contributed by atoms with Gasteiger partial charge < -0.3 is 4.90 Å². The maximum atomic E-state index is 12.6. The molecule has 6 heteroatoms. The predicted molar refractivity (Wildman–Crippen MR) is 87.4 cm³/mol. The third-order valence-corrected chi connectivity index (χ3v) is 5.41. The summed E-state index contributed by atoms with van der Waals surface area (Å²) in [5, 5.41) is 0.524. The Bertz CT molecular complexity index is 592. The van der Waals surface area contributed by atoms with Crippen LogP contribution in [0.25, 0.3) is 0 Å². The molecule has 22 heavy (non-hydrogen) atoms. The van der Waals surface area contributed by atoms with Crippen LogP contribution in [0, 0.1) is 5.92 Å². The van der Waals surface area contributed by atoms with Crippen LogP contribution in [0.2, 0.25) is 0 Å². The van der Waals surface area contributed by atoms with Crippen molar-refractivity contribution in [3.63, 3.8) is 0 Å². The molecule has 2 heterocycles. The van der Waals surface area contributed by atoms with Gasteiger partial charge in [-0.3, -0.25) is 14.5 Å². The second kappa shape index (κ2) is 5.99. The van der Waals surface area contributed by atoms with Crippen molar-refractivity contribution in [2.45, 2.75) is 52.5 Å². The average molecular weight is 321 g/mol. The molecule has 2 amide bonds. The third-order valence-electron chi connectivity index (χ3n) is 4.32. The summed E-state index contributed by atoms with van der Waals surface area (Å²) in [7, 11) is 0. The van der Waals surface area contributed by atoms with E-state index in [0.29, 0.717) is 11.6 Å². The fraction of sp³-hybridized carbons (Fsp3) is 0.688. The number of hydrogen-bond acceptors (Lipinski definition) is 4. The molecular weight excluding hydrogens is 298 g/mol. The average Bonchev–Trinajstić information content (AvgIpc) is 3.24. The number of anilines is 1. The molecule has 1 aliphatic heterocycles. The van der Waals surface area contributed by atoms with Crippen LogP contribution in [0.4, 0.5) is 5.82 Å². The standard InChI is InChI=1S/C16H23N3O2S/c1-4-18(10(2)3)16(21)14-17-13-12(22-14)6-5-9-19(13)15(20)11-7-8-11/h10-11H,4-9H2,1-3H3. The van der Waals surface area contributed by atoms with Crippen molar-refractivity contribution in [3.8, 4) is 0 Å². The van der Waals surface area contributed by atoms with Gasteiger partial charge in [0.25, 0.3) is 5.91 Å². The second-order valence-electron chi connectivity index (χ2n) is 6.32. The number of hydrogen-bond donors (Lipinski definition) is 0. The fourth-order valence-electron chi connectivity index (χ4n) is 2.94. The second-order valence-corrected chi connectivity index (χ2v) is 7.40. The van der Waals surface area contributed by atoms with Crippen LogP contribution in [-0.2, 0) is 11.2 Å². The molecule has 0 aromatic carbocycles. The van der Waals surface area contributed by atoms with E-state index in [1.165, 1.54) is 11.3 Å². The van der Waals surface area contributed by atoms with E-state index in [9.17, 15) is 9.59 Å². The van der Waals surface area contributed by atoms with E-state index in [4.69, 9.17) is 0 Å². The van der Waals surface area contributed by atoms with Crippen LogP contribution in [0.1, 0.15) is 54.7 Å². The lowest BCUT2D eigenvalue weighted by Gasteiger charge is -2.25. The molecule has 1 aromatic rings. The van der Waals surface area contributed by atoms with Gasteiger partial charge >= 0.3 is 0 Å². The summed E-state index contributed by atoms with van der Waals surface area (Å²) < 4.78 is 0. The van der Waals surface area contributed by atoms with E-state index < -0.39 is 0 Å². The van der Waals surface area contributed by atoms with Crippen molar-refractivity contribution < 1.29 is 9.59 Å². The van der Waals surface area contributed by atoms with Gasteiger partial charge in [0.2, 0.25) is 5.91 Å². The first-order valence-electron chi connectivity index (χ1n) is 8.15. The van der Waals surface area contributed by atoms with Gasteiger partial charge in [-0.1, -0.05) is 0 Å². The highest BCUT2D eigenvalue weighted by Crippen LogP contribution is 2.37. The molecule has 120 valence electrons. The number of aromatic nitrogens is 1. The van der Waals surface area contributed by atoms with Crippen molar-refractivity contribution >= 4 is 29.0 Å². The monoisotopic (exact) mass is 321 g/mol. The molecule has 2 aliphatic rings. The Hall–Kier alpha value is -1.43. The number of rotatable bonds is 4. The van der Waals surface area contributed by atoms with Crippen molar-refractivity contribution in [2.75, 3.05) is 18.0 Å². The molecule has 0 atom stereocenters. The van der Waals surface area contributed by atoms with Gasteiger partial charge in [0.05, 0.1) is 0 Å². The Balaban J connectivity index is 1.87. The van der Waals surface area contributed by atoms with Gasteiger partial charge in [0.15, 0.2) is 5.01 Å². The minimum Gasteiger partial charge on any atom is -0.334 e. The summed E-state index contributed by atoms with van der Waals surface area (Å²) in [4.78, 5) is 34.3. The molecule has 0 radical (unpaired) electrons. The Morgan fingerprint density at radius 2 is 2.14 bits per heavy atom. The highest BCUT2D eigenvalue weighted by Gasteiger charge is 2.37. The Labute approximate surface area is 135 Å². The Kier molecular flexibility index (Phi) is 4.21. The van der Waals surface area contributed by atoms with Gasteiger partial charge in [-0.15, -0.1) is 11.3 Å². The number of thiazole rings is 1. The number of aryl methyl sites for hydroxylation is 1. The lowest BCUT2D eigenvalue weighted by atomic mass is 10.1. The zero-order chi connectivity index (χ0) is 15.9. The van der Waals surface area contributed by atoms with Crippen molar-refractivity contribution in [1.29, 1.82) is 0 Å². The summed E-state index contributed by atoms with van der Waals surface area (Å²) in [6.45, 7) is 7.41. The van der Waals surface area contributed by atoms with E-state index >= 15 is 0 Å². The van der Waals surface area contributed by atoms with Crippen LogP contribution in [0.5, 0.6) is 0 Å². The zero-order valence-corrected chi connectivity index (χ0v) is 14.3. The third kappa shape index (κ3) is 2.76. The molecule has 1 aromatic heterocycles. The van der Waals surface area contributed by atoms with Gasteiger partial charge in [-0.05, 0) is 46.5 Å². The molecule has 0 spiro atoms. The van der Waals surface area contributed by atoms with E-state index in [2.05, 4.69) is 4.98 Å². The first-order valence-corrected chi connectivity index (χ1v) is 8.96. The van der Waals surface area contributed by atoms with Gasteiger partial charge in [0.1, 0.15) is 5.82 Å². The van der Waals surface area contributed by atoms with Gasteiger partial charge in [-0.25, -0.2) is 4.98 Å². The highest BCUT2D eigenvalue weighted by atomic mass is 32.1. The molecule has 1 saturated carbocycles. The first-order chi connectivity index (χ1) is 10.5. The number of fused-ring (bicyclic) bond motifs is 1. The van der Waals surface area contributed by atoms with Gasteiger partial charge in [-0.2, -0.15) is 0 Å². The maximum absolute atomic E-state index is 12.6. The topological polar surface area (TPSA) is 53.5 Å². The highest BCUT2D eigenvalue weighted by molar-refractivity contribution is 7.14. The largest absolute Gasteiger partial charge is 0.334 e. The summed E-state index contributed by atoms with van der Waals surface area (Å²) >= 11 is 1.46. The molecule has 0 bridgehead atoms. The lowest BCUT2D eigenvalue weighted by Crippen LogP contribution is -2.37. The van der Waals surface area contributed by atoms with Crippen LogP contribution < -0.4 is 4.90 Å². The zero-order valence-electron chi connectivity index (χ0n) is 13.5. The quantitative estimate of drug-likeness (QED) is 0.857. The normalized spacial score (nSPS) is 17.5. The number of nitrogens with zero attached hydrogens (tertiary/aromatic N) is 3. The van der Waals surface area contributed by atoms with Crippen LogP contribution in [0.3, 0.4) is 0 Å². The van der Waals surface area contributed by atoms with Crippen LogP contribution in [-0.4, -0.2) is 40.8 Å². The smallest absolute Gasteiger partial charge is 0.283 e. The lowest BCUT2D eigenvalue weighted by molar-refractivity contribution is -0.119. The van der Waals surface area contributed by atoms with E-state index in [1.54, 1.807) is 0 Å². The van der Waals surface area contributed by atoms with E-state index in [-0.39, 0.29) is 23.8 Å². The van der Waals surface area contributed by atoms with Gasteiger partial charge in [0, 0.05) is 29.9 Å². The fourth-order valence-corrected chi connectivity index (χ4v) is 4.01. The van der Waals surface area contributed by atoms with Crippen molar-refractivity contribution in [1.82, 2.24) is 9.88 Å². The maximum Gasteiger partial charge on any atom is 0.283 e. The molecule has 1 fully saturated rings. The molecule has 0 saturated heterocycles. The molecular formula is C16H23N3O2S. The molecule has 0 unspecified atom stereocenters. The van der Waals surface area contributed by atoms with E-state index in [0.717, 1.165) is 42.9 Å². The molecule has 1 aliphatic carbocycles. The predicted octanol–water partition coefficient (Wildman–Crippen LogP) is 2.70. The number of carbonyl (C=O) groups is 2.